The van der Waals surface area contributed by atoms with Crippen LogP contribution in [-0.2, 0) is 13.1 Å². The molecule has 1 aromatic carbocycles. The Balaban J connectivity index is 1.49. The van der Waals surface area contributed by atoms with Crippen LogP contribution in [0.2, 0.25) is 0 Å². The van der Waals surface area contributed by atoms with Crippen LogP contribution in [0.5, 0.6) is 0 Å². The predicted molar refractivity (Wildman–Crippen MR) is 99.8 cm³/mol. The summed E-state index contributed by atoms with van der Waals surface area (Å²) in [5.41, 5.74) is 2.04. The minimum Gasteiger partial charge on any atom is -0.478 e. The van der Waals surface area contributed by atoms with Gasteiger partial charge in [-0.3, -0.25) is 9.78 Å². The third-order valence-electron chi connectivity index (χ3n) is 4.03. The highest BCUT2D eigenvalue weighted by Crippen LogP contribution is 2.16. The van der Waals surface area contributed by atoms with Crippen molar-refractivity contribution in [2.75, 3.05) is 0 Å². The second-order valence-corrected chi connectivity index (χ2v) is 5.97. The lowest BCUT2D eigenvalue weighted by Crippen LogP contribution is -2.30. The molecule has 10 heteroatoms. The molecule has 3 aromatic rings. The SMILES string of the molecule is O=C(O)c1ccc(C(=O)N2Cc3nc(C#CCn4cncn4)cnc3C=N2)cc1. The van der Waals surface area contributed by atoms with Gasteiger partial charge in [-0.05, 0) is 30.2 Å². The molecule has 0 saturated carbocycles. The fourth-order valence-electron chi connectivity index (χ4n) is 2.58. The Morgan fingerprint density at radius 2 is 1.97 bits per heavy atom. The summed E-state index contributed by atoms with van der Waals surface area (Å²) in [5, 5.41) is 18.3. The number of carbonyl (C=O) groups excluding carboxylic acids is 1. The van der Waals surface area contributed by atoms with E-state index in [2.05, 4.69) is 37.0 Å². The molecular formula is C19H13N7O3. The predicted octanol–water partition coefficient (Wildman–Crippen LogP) is 0.808. The second-order valence-electron chi connectivity index (χ2n) is 5.97. The first-order valence-electron chi connectivity index (χ1n) is 8.46. The molecule has 4 rings (SSSR count). The lowest BCUT2D eigenvalue weighted by molar-refractivity contribution is 0.0693. The van der Waals surface area contributed by atoms with Gasteiger partial charge in [-0.1, -0.05) is 5.92 Å². The largest absolute Gasteiger partial charge is 0.478 e. The molecule has 0 unspecified atom stereocenters. The van der Waals surface area contributed by atoms with Crippen LogP contribution in [-0.4, -0.2) is 52.9 Å². The third-order valence-corrected chi connectivity index (χ3v) is 4.03. The zero-order valence-corrected chi connectivity index (χ0v) is 14.9. The number of carboxylic acids is 1. The molecule has 1 N–H and O–H groups in total. The molecule has 0 fully saturated rings. The van der Waals surface area contributed by atoms with Gasteiger partial charge in [0.05, 0.1) is 30.2 Å². The molecule has 0 saturated heterocycles. The average molecular weight is 387 g/mol. The van der Waals surface area contributed by atoms with Crippen molar-refractivity contribution in [2.24, 2.45) is 5.10 Å². The number of carboxylic acid groups (broad SMARTS) is 1. The topological polar surface area (TPSA) is 126 Å². The van der Waals surface area contributed by atoms with E-state index in [0.717, 1.165) is 0 Å². The number of amides is 1. The Bertz CT molecular complexity index is 1160. The van der Waals surface area contributed by atoms with Crippen molar-refractivity contribution in [1.29, 1.82) is 0 Å². The summed E-state index contributed by atoms with van der Waals surface area (Å²) in [5.74, 6) is 4.42. The van der Waals surface area contributed by atoms with E-state index in [1.54, 1.807) is 17.2 Å². The Morgan fingerprint density at radius 1 is 1.17 bits per heavy atom. The van der Waals surface area contributed by atoms with E-state index in [1.807, 2.05) is 0 Å². The van der Waals surface area contributed by atoms with E-state index in [-0.39, 0.29) is 18.0 Å². The van der Waals surface area contributed by atoms with E-state index >= 15 is 0 Å². The monoisotopic (exact) mass is 387 g/mol. The van der Waals surface area contributed by atoms with Crippen LogP contribution in [0.15, 0.2) is 48.2 Å². The minimum absolute atomic E-state index is 0.106. The van der Waals surface area contributed by atoms with E-state index in [4.69, 9.17) is 5.11 Å². The molecule has 29 heavy (non-hydrogen) atoms. The van der Waals surface area contributed by atoms with Gasteiger partial charge in [0.2, 0.25) is 0 Å². The van der Waals surface area contributed by atoms with E-state index in [1.165, 1.54) is 41.8 Å². The number of hydrogen-bond donors (Lipinski definition) is 1. The zero-order valence-electron chi connectivity index (χ0n) is 14.9. The summed E-state index contributed by atoms with van der Waals surface area (Å²) in [4.78, 5) is 36.2. The van der Waals surface area contributed by atoms with Crippen LogP contribution in [0.3, 0.4) is 0 Å². The molecule has 0 radical (unpaired) electrons. The summed E-state index contributed by atoms with van der Waals surface area (Å²) >= 11 is 0. The Morgan fingerprint density at radius 3 is 2.69 bits per heavy atom. The molecule has 0 aliphatic carbocycles. The zero-order chi connectivity index (χ0) is 20.2. The van der Waals surface area contributed by atoms with Crippen LogP contribution in [0, 0.1) is 11.8 Å². The van der Waals surface area contributed by atoms with Crippen molar-refractivity contribution in [2.45, 2.75) is 13.1 Å². The molecule has 1 aliphatic heterocycles. The van der Waals surface area contributed by atoms with Crippen LogP contribution < -0.4 is 0 Å². The van der Waals surface area contributed by atoms with Crippen LogP contribution >= 0.6 is 0 Å². The number of hydrazone groups is 1. The third kappa shape index (κ3) is 3.98. The Kier molecular flexibility index (Phi) is 4.77. The van der Waals surface area contributed by atoms with Gasteiger partial charge in [0.1, 0.15) is 30.6 Å². The van der Waals surface area contributed by atoms with E-state index in [9.17, 15) is 9.59 Å². The molecule has 0 bridgehead atoms. The number of rotatable bonds is 3. The van der Waals surface area contributed by atoms with Gasteiger partial charge >= 0.3 is 5.97 Å². The van der Waals surface area contributed by atoms with Crippen molar-refractivity contribution in [3.63, 3.8) is 0 Å². The van der Waals surface area contributed by atoms with Gasteiger partial charge in [0.15, 0.2) is 0 Å². The van der Waals surface area contributed by atoms with Crippen LogP contribution in [0.25, 0.3) is 0 Å². The van der Waals surface area contributed by atoms with Gasteiger partial charge in [-0.25, -0.2) is 24.5 Å². The van der Waals surface area contributed by atoms with Gasteiger partial charge in [-0.15, -0.1) is 0 Å². The molecule has 0 spiro atoms. The quantitative estimate of drug-likeness (QED) is 0.659. The van der Waals surface area contributed by atoms with Crippen molar-refractivity contribution in [3.05, 3.63) is 71.3 Å². The summed E-state index contributed by atoms with van der Waals surface area (Å²) in [6.07, 6.45) is 6.00. The number of fused-ring (bicyclic) bond motifs is 1. The van der Waals surface area contributed by atoms with Gasteiger partial charge in [-0.2, -0.15) is 10.2 Å². The van der Waals surface area contributed by atoms with Gasteiger partial charge < -0.3 is 5.11 Å². The number of nitrogens with zero attached hydrogens (tertiary/aromatic N) is 7. The first-order valence-corrected chi connectivity index (χ1v) is 8.46. The fourth-order valence-corrected chi connectivity index (χ4v) is 2.58. The highest BCUT2D eigenvalue weighted by molar-refractivity contribution is 5.97. The maximum Gasteiger partial charge on any atom is 0.335 e. The molecule has 1 amide bonds. The first-order chi connectivity index (χ1) is 14.1. The molecular weight excluding hydrogens is 374 g/mol. The molecule has 10 nitrogen and oxygen atoms in total. The lowest BCUT2D eigenvalue weighted by Gasteiger charge is -2.21. The normalized spacial score (nSPS) is 12.1. The highest BCUT2D eigenvalue weighted by atomic mass is 16.4. The molecule has 2 aromatic heterocycles. The molecule has 142 valence electrons. The summed E-state index contributed by atoms with van der Waals surface area (Å²) in [6.45, 7) is 0.508. The molecule has 3 heterocycles. The number of aromatic carboxylic acids is 1. The van der Waals surface area contributed by atoms with Crippen molar-refractivity contribution < 1.29 is 14.7 Å². The van der Waals surface area contributed by atoms with E-state index in [0.29, 0.717) is 29.2 Å². The first kappa shape index (κ1) is 18.0. The van der Waals surface area contributed by atoms with Crippen molar-refractivity contribution in [1.82, 2.24) is 29.7 Å². The van der Waals surface area contributed by atoms with E-state index < -0.39 is 5.97 Å². The maximum atomic E-state index is 12.7. The minimum atomic E-state index is -1.05. The smallest absolute Gasteiger partial charge is 0.335 e. The molecule has 1 aliphatic rings. The fraction of sp³-hybridized carbons (Fsp3) is 0.105. The summed E-state index contributed by atoms with van der Waals surface area (Å²) in [6, 6.07) is 5.66. The number of carbonyl (C=O) groups is 2. The molecule has 0 atom stereocenters. The number of aromatic nitrogens is 5. The van der Waals surface area contributed by atoms with Gasteiger partial charge in [0, 0.05) is 5.56 Å². The van der Waals surface area contributed by atoms with Gasteiger partial charge in [0.25, 0.3) is 5.91 Å². The number of hydrogen-bond acceptors (Lipinski definition) is 7. The van der Waals surface area contributed by atoms with Crippen molar-refractivity contribution >= 4 is 18.1 Å². The average Bonchev–Trinajstić information content (AvgIpc) is 3.26. The second kappa shape index (κ2) is 7.69. The van der Waals surface area contributed by atoms with Crippen molar-refractivity contribution in [3.8, 4) is 11.8 Å². The standard InChI is InChI=1S/C19H13N7O3/c27-18(13-3-5-14(6-4-13)19(28)29)26-10-17-16(9-22-26)21-8-15(24-17)2-1-7-25-12-20-11-23-25/h3-6,8-9,11-12H,7,10H2,(H,28,29). The summed E-state index contributed by atoms with van der Waals surface area (Å²) in [7, 11) is 0. The number of benzene rings is 1. The lowest BCUT2D eigenvalue weighted by atomic mass is 10.1. The van der Waals surface area contributed by atoms with Crippen LogP contribution in [0.4, 0.5) is 0 Å². The highest BCUT2D eigenvalue weighted by Gasteiger charge is 2.22. The Hall–Kier alpha value is -4.39. The Labute approximate surface area is 164 Å². The van der Waals surface area contributed by atoms with Crippen LogP contribution in [0.1, 0.15) is 37.8 Å². The summed E-state index contributed by atoms with van der Waals surface area (Å²) < 4.78 is 1.58. The maximum absolute atomic E-state index is 12.7.